The van der Waals surface area contributed by atoms with Crippen molar-refractivity contribution in [3.05, 3.63) is 23.3 Å². The second-order valence-corrected chi connectivity index (χ2v) is 6.25. The van der Waals surface area contributed by atoms with Gasteiger partial charge < -0.3 is 24.1 Å². The van der Waals surface area contributed by atoms with Gasteiger partial charge in [0, 0.05) is 26.2 Å². The summed E-state index contributed by atoms with van der Waals surface area (Å²) in [6.07, 6.45) is 4.55. The molecule has 0 saturated carbocycles. The van der Waals surface area contributed by atoms with E-state index in [4.69, 9.17) is 18.9 Å². The second-order valence-electron chi connectivity index (χ2n) is 6.25. The lowest BCUT2D eigenvalue weighted by molar-refractivity contribution is -0.146. The number of aromatic hydroxyl groups is 1. The van der Waals surface area contributed by atoms with E-state index in [1.165, 1.54) is 0 Å². The van der Waals surface area contributed by atoms with Crippen LogP contribution < -0.4 is 4.74 Å². The van der Waals surface area contributed by atoms with Crippen LogP contribution in [0.1, 0.15) is 57.6 Å². The van der Waals surface area contributed by atoms with Gasteiger partial charge in [-0.1, -0.05) is 6.92 Å². The van der Waals surface area contributed by atoms with E-state index < -0.39 is 0 Å². The van der Waals surface area contributed by atoms with Crippen LogP contribution in [0.3, 0.4) is 0 Å². The van der Waals surface area contributed by atoms with E-state index in [9.17, 15) is 5.11 Å². The van der Waals surface area contributed by atoms with Crippen LogP contribution in [0.2, 0.25) is 0 Å². The van der Waals surface area contributed by atoms with Gasteiger partial charge >= 0.3 is 0 Å². The lowest BCUT2D eigenvalue weighted by Crippen LogP contribution is -2.19. The smallest absolute Gasteiger partial charge is 0.159 e. The third-order valence-electron chi connectivity index (χ3n) is 4.10. The highest BCUT2D eigenvalue weighted by Gasteiger charge is 2.09. The summed E-state index contributed by atoms with van der Waals surface area (Å²) in [6, 6.07) is 3.54. The fraction of sp³-hybridized carbons (Fsp3) is 0.714. The fourth-order valence-corrected chi connectivity index (χ4v) is 2.82. The fourth-order valence-electron chi connectivity index (χ4n) is 2.82. The van der Waals surface area contributed by atoms with Crippen molar-refractivity contribution >= 4 is 0 Å². The van der Waals surface area contributed by atoms with Gasteiger partial charge in [0.05, 0.1) is 13.2 Å². The number of aryl methyl sites for hydroxylation is 2. The van der Waals surface area contributed by atoms with Crippen LogP contribution in [0.15, 0.2) is 12.1 Å². The summed E-state index contributed by atoms with van der Waals surface area (Å²) < 4.78 is 22.6. The molecule has 0 aliphatic rings. The number of hydrogen-bond acceptors (Lipinski definition) is 5. The first-order chi connectivity index (χ1) is 12.6. The molecule has 150 valence electrons. The number of unbranched alkanes of at least 4 members (excludes halogenated alkanes) is 2. The van der Waals surface area contributed by atoms with Gasteiger partial charge in [-0.15, -0.1) is 0 Å². The maximum absolute atomic E-state index is 9.67. The molecule has 1 N–H and O–H groups in total. The zero-order chi connectivity index (χ0) is 19.2. The molecule has 0 bridgehead atoms. The predicted octanol–water partition coefficient (Wildman–Crippen LogP) is 4.62. The highest BCUT2D eigenvalue weighted by molar-refractivity contribution is 5.46. The average Bonchev–Trinajstić information content (AvgIpc) is 2.61. The highest BCUT2D eigenvalue weighted by Crippen LogP contribution is 2.29. The first-order valence-electron chi connectivity index (χ1n) is 9.88. The Morgan fingerprint density at radius 2 is 1.62 bits per heavy atom. The Bertz CT molecular complexity index is 484. The van der Waals surface area contributed by atoms with Crippen molar-refractivity contribution in [1.29, 1.82) is 0 Å². The van der Waals surface area contributed by atoms with E-state index in [1.807, 2.05) is 20.8 Å². The normalized spacial score (nSPS) is 11.3. The Kier molecular flexibility index (Phi) is 12.1. The molecule has 0 aromatic heterocycles. The number of benzene rings is 1. The molecular weight excluding hydrogens is 332 g/mol. The summed E-state index contributed by atoms with van der Waals surface area (Å²) in [7, 11) is 0. The minimum atomic E-state index is -0.153. The maximum Gasteiger partial charge on any atom is 0.159 e. The average molecular weight is 369 g/mol. The van der Waals surface area contributed by atoms with Crippen molar-refractivity contribution in [3.63, 3.8) is 0 Å². The number of ether oxygens (including phenoxy) is 4. The van der Waals surface area contributed by atoms with Crippen LogP contribution in [0.4, 0.5) is 0 Å². The van der Waals surface area contributed by atoms with Crippen LogP contribution in [0.25, 0.3) is 0 Å². The zero-order valence-electron chi connectivity index (χ0n) is 16.9. The molecule has 0 atom stereocenters. The lowest BCUT2D eigenvalue weighted by Gasteiger charge is -2.16. The predicted molar refractivity (Wildman–Crippen MR) is 104 cm³/mol. The van der Waals surface area contributed by atoms with Crippen molar-refractivity contribution in [2.75, 3.05) is 33.0 Å². The van der Waals surface area contributed by atoms with Crippen LogP contribution in [-0.2, 0) is 20.6 Å². The van der Waals surface area contributed by atoms with E-state index >= 15 is 0 Å². The number of rotatable bonds is 15. The Labute approximate surface area is 158 Å². The molecule has 0 amide bonds. The molecule has 0 aliphatic heterocycles. The van der Waals surface area contributed by atoms with Gasteiger partial charge in [-0.25, -0.2) is 0 Å². The Morgan fingerprint density at radius 1 is 0.923 bits per heavy atom. The molecule has 1 aromatic rings. The standard InChI is InChI=1S/C21H36O5/c1-5-18-16-19(22)15-17(4)21(18)26-13-10-8-9-12-23-14-11-20(24-6-2)25-7-3/h15-16,20,22H,5-14H2,1-4H3. The summed E-state index contributed by atoms with van der Waals surface area (Å²) in [5.74, 6) is 1.22. The largest absolute Gasteiger partial charge is 0.508 e. The highest BCUT2D eigenvalue weighted by atomic mass is 16.7. The molecule has 5 nitrogen and oxygen atoms in total. The summed E-state index contributed by atoms with van der Waals surface area (Å²) >= 11 is 0. The third kappa shape index (κ3) is 8.88. The molecule has 0 fully saturated rings. The molecule has 0 spiro atoms. The summed E-state index contributed by atoms with van der Waals surface area (Å²) in [5.41, 5.74) is 2.05. The monoisotopic (exact) mass is 368 g/mol. The summed E-state index contributed by atoms with van der Waals surface area (Å²) in [5, 5.41) is 9.67. The van der Waals surface area contributed by atoms with Crippen LogP contribution in [-0.4, -0.2) is 44.4 Å². The number of hydrogen-bond donors (Lipinski definition) is 1. The van der Waals surface area contributed by atoms with E-state index in [2.05, 4.69) is 6.92 Å². The van der Waals surface area contributed by atoms with Gasteiger partial charge in [0.1, 0.15) is 11.5 Å². The van der Waals surface area contributed by atoms with Crippen molar-refractivity contribution in [2.24, 2.45) is 0 Å². The first-order valence-corrected chi connectivity index (χ1v) is 9.88. The van der Waals surface area contributed by atoms with Crippen molar-refractivity contribution in [2.45, 2.75) is 66.1 Å². The van der Waals surface area contributed by atoms with Crippen molar-refractivity contribution in [3.8, 4) is 11.5 Å². The minimum Gasteiger partial charge on any atom is -0.508 e. The van der Waals surface area contributed by atoms with Crippen LogP contribution in [0.5, 0.6) is 11.5 Å². The third-order valence-corrected chi connectivity index (χ3v) is 4.10. The second kappa shape index (κ2) is 13.8. The first kappa shape index (κ1) is 22.7. The summed E-state index contributed by atoms with van der Waals surface area (Å²) in [4.78, 5) is 0. The van der Waals surface area contributed by atoms with Gasteiger partial charge in [-0.2, -0.15) is 0 Å². The SMILES string of the molecule is CCOC(CCOCCCCCOc1c(C)cc(O)cc1CC)OCC. The van der Waals surface area contributed by atoms with Gasteiger partial charge in [0.2, 0.25) is 0 Å². The van der Waals surface area contributed by atoms with Crippen molar-refractivity contribution < 1.29 is 24.1 Å². The van der Waals surface area contributed by atoms with Crippen LogP contribution >= 0.6 is 0 Å². The molecule has 26 heavy (non-hydrogen) atoms. The van der Waals surface area contributed by atoms with E-state index in [1.54, 1.807) is 12.1 Å². The number of phenols is 1. The van der Waals surface area contributed by atoms with Gasteiger partial charge in [-0.3, -0.25) is 0 Å². The van der Waals surface area contributed by atoms with E-state index in [0.717, 1.165) is 55.6 Å². The molecule has 0 heterocycles. The van der Waals surface area contributed by atoms with Crippen LogP contribution in [0, 0.1) is 6.92 Å². The van der Waals surface area contributed by atoms with Gasteiger partial charge in [-0.05, 0) is 69.7 Å². The molecule has 1 rings (SSSR count). The zero-order valence-corrected chi connectivity index (χ0v) is 16.9. The Morgan fingerprint density at radius 3 is 2.27 bits per heavy atom. The molecule has 0 radical (unpaired) electrons. The molecule has 0 aliphatic carbocycles. The molecule has 1 aromatic carbocycles. The van der Waals surface area contributed by atoms with Crippen molar-refractivity contribution in [1.82, 2.24) is 0 Å². The maximum atomic E-state index is 9.67. The topological polar surface area (TPSA) is 57.2 Å². The minimum absolute atomic E-state index is 0.153. The lowest BCUT2D eigenvalue weighted by atomic mass is 10.1. The van der Waals surface area contributed by atoms with Gasteiger partial charge in [0.15, 0.2) is 6.29 Å². The molecule has 0 saturated heterocycles. The molecule has 5 heteroatoms. The number of phenolic OH excluding ortho intramolecular Hbond substituents is 1. The van der Waals surface area contributed by atoms with E-state index in [-0.39, 0.29) is 6.29 Å². The molecule has 0 unspecified atom stereocenters. The molecular formula is C21H36O5. The Hall–Kier alpha value is -1.30. The van der Waals surface area contributed by atoms with Gasteiger partial charge in [0.25, 0.3) is 0 Å². The quantitative estimate of drug-likeness (QED) is 0.362. The van der Waals surface area contributed by atoms with E-state index in [0.29, 0.717) is 32.2 Å². The Balaban J connectivity index is 2.11. The summed E-state index contributed by atoms with van der Waals surface area (Å²) in [6.45, 7) is 11.4.